The lowest BCUT2D eigenvalue weighted by molar-refractivity contribution is 1.53. The Bertz CT molecular complexity index is 307. The third kappa shape index (κ3) is 0.668. The van der Waals surface area contributed by atoms with Gasteiger partial charge >= 0.3 is 0 Å². The zero-order valence-corrected chi connectivity index (χ0v) is 6.42. The van der Waals surface area contributed by atoms with E-state index in [-0.39, 0.29) is 0 Å². The Morgan fingerprint density at radius 1 is 1.44 bits per heavy atom. The van der Waals surface area contributed by atoms with Crippen molar-refractivity contribution in [2.45, 2.75) is 6.92 Å². The molecule has 0 aromatic carbocycles. The summed E-state index contributed by atoms with van der Waals surface area (Å²) in [7, 11) is 0. The number of hydrogen-bond donors (Lipinski definition) is 0. The van der Waals surface area contributed by atoms with Crippen LogP contribution < -0.4 is 0 Å². The summed E-state index contributed by atoms with van der Waals surface area (Å²) in [5, 5.41) is 2.04. The Hall–Kier alpha value is -0.480. The van der Waals surface area contributed by atoms with Crippen molar-refractivity contribution in [2.75, 3.05) is 0 Å². The molecule has 0 spiro atoms. The number of thiophene rings is 1. The third-order valence-electron chi connectivity index (χ3n) is 1.19. The van der Waals surface area contributed by atoms with E-state index in [0.717, 1.165) is 11.4 Å². The molecule has 0 fully saturated rings. The van der Waals surface area contributed by atoms with E-state index in [1.165, 1.54) is 16.2 Å². The van der Waals surface area contributed by atoms with Gasteiger partial charge in [-0.2, -0.15) is 8.73 Å². The lowest BCUT2D eigenvalue weighted by atomic mass is 10.4. The summed E-state index contributed by atoms with van der Waals surface area (Å²) < 4.78 is 8.20. The predicted octanol–water partition coefficient (Wildman–Crippen LogP) is 2.78. The highest BCUT2D eigenvalue weighted by Gasteiger charge is 2.08. The van der Waals surface area contributed by atoms with E-state index < -0.39 is 0 Å². The fourth-order valence-corrected chi connectivity index (χ4v) is 2.14. The van der Waals surface area contributed by atoms with E-state index in [1.807, 2.05) is 5.38 Å². The molecule has 46 valence electrons. The highest BCUT2D eigenvalue weighted by molar-refractivity contribution is 7.58. The van der Waals surface area contributed by atoms with E-state index >= 15 is 0 Å². The molecule has 4 heteroatoms. The smallest absolute Gasteiger partial charge is 0.118 e. The van der Waals surface area contributed by atoms with Crippen LogP contribution in [0.1, 0.15) is 4.88 Å². The number of rotatable bonds is 0. The second-order valence-electron chi connectivity index (χ2n) is 1.79. The summed E-state index contributed by atoms with van der Waals surface area (Å²) in [4.78, 5) is 1.26. The van der Waals surface area contributed by atoms with Gasteiger partial charge in [0.15, 0.2) is 0 Å². The molecule has 0 aliphatic carbocycles. The average Bonchev–Trinajstić information content (AvgIpc) is 2.35. The van der Waals surface area contributed by atoms with Crippen molar-refractivity contribution in [1.29, 1.82) is 0 Å². The fourth-order valence-electron chi connectivity index (χ4n) is 0.717. The lowest BCUT2D eigenvalue weighted by Crippen LogP contribution is -1.53. The van der Waals surface area contributed by atoms with Gasteiger partial charge in [0.2, 0.25) is 0 Å². The van der Waals surface area contributed by atoms with Crippen molar-refractivity contribution < 1.29 is 0 Å². The number of fused-ring (bicyclic) bond motifs is 1. The van der Waals surface area contributed by atoms with Crippen LogP contribution in [0.5, 0.6) is 0 Å². The first kappa shape index (κ1) is 5.32. The Kier molecular flexibility index (Phi) is 1.03. The van der Waals surface area contributed by atoms with E-state index in [0.29, 0.717) is 0 Å². The van der Waals surface area contributed by atoms with Crippen LogP contribution in [0.3, 0.4) is 0 Å². The molecule has 1 aromatic rings. The molecule has 0 saturated heterocycles. The van der Waals surface area contributed by atoms with Gasteiger partial charge in [0.1, 0.15) is 11.4 Å². The first-order chi connectivity index (χ1) is 4.38. The molecule has 2 nitrogen and oxygen atoms in total. The first-order valence-corrected chi connectivity index (χ1v) is 4.15. The summed E-state index contributed by atoms with van der Waals surface area (Å²) in [5.41, 5.74) is 2.12. The van der Waals surface area contributed by atoms with Gasteiger partial charge in [0.05, 0.1) is 11.4 Å². The quantitative estimate of drug-likeness (QED) is 0.560. The third-order valence-corrected chi connectivity index (χ3v) is 2.63. The fraction of sp³-hybridized carbons (Fsp3) is 0.200. The lowest BCUT2D eigenvalue weighted by Gasteiger charge is -1.80. The SMILES string of the molecule is Cc1scc2c1N=S=N2. The Morgan fingerprint density at radius 2 is 2.33 bits per heavy atom. The summed E-state index contributed by atoms with van der Waals surface area (Å²) in [6, 6.07) is 0. The summed E-state index contributed by atoms with van der Waals surface area (Å²) in [6.07, 6.45) is 0. The minimum Gasteiger partial charge on any atom is -0.172 e. The van der Waals surface area contributed by atoms with Crippen LogP contribution in [0, 0.1) is 6.92 Å². The van der Waals surface area contributed by atoms with Crippen molar-refractivity contribution in [3.8, 4) is 0 Å². The normalized spacial score (nSPS) is 13.4. The molecule has 2 heterocycles. The highest BCUT2D eigenvalue weighted by atomic mass is 32.1. The molecular formula is C5H4N2S2. The first-order valence-electron chi connectivity index (χ1n) is 2.54. The summed E-state index contributed by atoms with van der Waals surface area (Å²) >= 11 is 2.99. The van der Waals surface area contributed by atoms with Gasteiger partial charge in [-0.3, -0.25) is 0 Å². The van der Waals surface area contributed by atoms with E-state index in [4.69, 9.17) is 0 Å². The molecule has 0 amide bonds. The average molecular weight is 156 g/mol. The molecule has 1 aliphatic rings. The Balaban J connectivity index is 2.75. The zero-order chi connectivity index (χ0) is 6.27. The molecule has 0 bridgehead atoms. The second kappa shape index (κ2) is 1.75. The van der Waals surface area contributed by atoms with Gasteiger partial charge in [-0.05, 0) is 6.92 Å². The molecule has 0 N–H and O–H groups in total. The molecule has 9 heavy (non-hydrogen) atoms. The van der Waals surface area contributed by atoms with Crippen molar-refractivity contribution in [1.82, 2.24) is 0 Å². The second-order valence-corrected chi connectivity index (χ2v) is 3.40. The van der Waals surface area contributed by atoms with Gasteiger partial charge in [-0.1, -0.05) is 0 Å². The van der Waals surface area contributed by atoms with Crippen LogP contribution in [0.15, 0.2) is 14.1 Å². The minimum absolute atomic E-state index is 1.04. The van der Waals surface area contributed by atoms with Gasteiger partial charge in [0, 0.05) is 10.3 Å². The van der Waals surface area contributed by atoms with Crippen molar-refractivity contribution in [2.24, 2.45) is 8.73 Å². The van der Waals surface area contributed by atoms with Crippen molar-refractivity contribution in [3.63, 3.8) is 0 Å². The zero-order valence-electron chi connectivity index (χ0n) is 4.79. The van der Waals surface area contributed by atoms with Crippen LogP contribution in [0.25, 0.3) is 0 Å². The Morgan fingerprint density at radius 3 is 3.11 bits per heavy atom. The van der Waals surface area contributed by atoms with Gasteiger partial charge < -0.3 is 0 Å². The number of aryl methyl sites for hydroxylation is 1. The van der Waals surface area contributed by atoms with Crippen LogP contribution in [-0.4, -0.2) is 0 Å². The molecule has 0 unspecified atom stereocenters. The topological polar surface area (TPSA) is 24.7 Å². The monoisotopic (exact) mass is 156 g/mol. The van der Waals surface area contributed by atoms with E-state index in [9.17, 15) is 0 Å². The van der Waals surface area contributed by atoms with Gasteiger partial charge in [-0.15, -0.1) is 11.3 Å². The van der Waals surface area contributed by atoms with Crippen molar-refractivity contribution in [3.05, 3.63) is 10.3 Å². The maximum absolute atomic E-state index is 4.12. The van der Waals surface area contributed by atoms with Crippen LogP contribution in [0.2, 0.25) is 0 Å². The van der Waals surface area contributed by atoms with Gasteiger partial charge in [0.25, 0.3) is 0 Å². The molecule has 1 aromatic heterocycles. The molecule has 0 saturated carbocycles. The maximum atomic E-state index is 4.12. The molecule has 0 radical (unpaired) electrons. The largest absolute Gasteiger partial charge is 0.172 e. The molecule has 1 aliphatic heterocycles. The van der Waals surface area contributed by atoms with Crippen LogP contribution >= 0.6 is 11.3 Å². The van der Waals surface area contributed by atoms with Crippen LogP contribution in [-0.2, 0) is 11.4 Å². The maximum Gasteiger partial charge on any atom is 0.118 e. The standard InChI is InChI=1S/C5H4N2S2/c1-3-5-4(2-8-3)6-9-7-5/h2H,1H3. The van der Waals surface area contributed by atoms with E-state index in [1.54, 1.807) is 11.3 Å². The molecule has 0 atom stereocenters. The van der Waals surface area contributed by atoms with Crippen LogP contribution in [0.4, 0.5) is 11.4 Å². The number of hydrogen-bond acceptors (Lipinski definition) is 3. The van der Waals surface area contributed by atoms with E-state index in [2.05, 4.69) is 15.6 Å². The predicted molar refractivity (Wildman–Crippen MR) is 40.6 cm³/mol. The summed E-state index contributed by atoms with van der Waals surface area (Å²) in [6.45, 7) is 2.06. The summed E-state index contributed by atoms with van der Waals surface area (Å²) in [5.74, 6) is 0. The molecule has 2 rings (SSSR count). The Labute approximate surface area is 60.4 Å². The highest BCUT2D eigenvalue weighted by Crippen LogP contribution is 2.39. The number of nitrogens with zero attached hydrogens (tertiary/aromatic N) is 2. The van der Waals surface area contributed by atoms with Gasteiger partial charge in [-0.25, -0.2) is 0 Å². The minimum atomic E-state index is 1.04. The van der Waals surface area contributed by atoms with Crippen molar-refractivity contribution >= 4 is 34.1 Å². The molecular weight excluding hydrogens is 152 g/mol.